The molecule has 2 aromatic heterocycles. The van der Waals surface area contributed by atoms with E-state index in [-0.39, 0.29) is 11.8 Å². The summed E-state index contributed by atoms with van der Waals surface area (Å²) in [6, 6.07) is 15.6. The van der Waals surface area contributed by atoms with Crippen LogP contribution in [-0.2, 0) is 4.79 Å². The number of H-pyrrole nitrogens is 1. The molecule has 40 heavy (non-hydrogen) atoms. The van der Waals surface area contributed by atoms with Crippen LogP contribution >= 0.6 is 0 Å². The summed E-state index contributed by atoms with van der Waals surface area (Å²) < 4.78 is 6.17. The van der Waals surface area contributed by atoms with E-state index >= 15 is 0 Å². The van der Waals surface area contributed by atoms with Gasteiger partial charge in [-0.2, -0.15) is 0 Å². The summed E-state index contributed by atoms with van der Waals surface area (Å²) in [5.41, 5.74) is 7.54. The van der Waals surface area contributed by atoms with Crippen molar-refractivity contribution in [3.05, 3.63) is 82.3 Å². The van der Waals surface area contributed by atoms with E-state index in [1.54, 1.807) is 0 Å². The Labute approximate surface area is 233 Å². The number of fused-ring (bicyclic) bond motifs is 1. The monoisotopic (exact) mass is 535 g/mol. The third-order valence-corrected chi connectivity index (χ3v) is 7.79. The van der Waals surface area contributed by atoms with Gasteiger partial charge in [-0.25, -0.2) is 4.98 Å². The molecule has 0 spiro atoms. The van der Waals surface area contributed by atoms with Crippen LogP contribution in [0.5, 0.6) is 0 Å². The molecule has 3 N–H and O–H groups in total. The first-order valence-corrected chi connectivity index (χ1v) is 13.8. The number of aromatic amines is 1. The molecule has 8 heteroatoms. The standard InChI is InChI=1S/C32H33N5O3/c1-19-27(34-20(2)28(19)31(39)33-13-16-37-14-7-8-15-37)18-25-24-17-23(11-12-26(24)36-30(25)38)29-21(3)35-32(40-29)22-9-5-4-6-10-22/h4-6,9-12,17-18,34H,7-8,13-16H2,1-3H3,(H,33,39)(H,36,38)/b25-18-. The summed E-state index contributed by atoms with van der Waals surface area (Å²) in [4.78, 5) is 36.4. The Hall–Kier alpha value is -4.43. The molecule has 2 aliphatic heterocycles. The average molecular weight is 536 g/mol. The molecule has 4 aromatic rings. The van der Waals surface area contributed by atoms with Gasteiger partial charge in [-0.1, -0.05) is 18.2 Å². The Morgan fingerprint density at radius 1 is 1.07 bits per heavy atom. The number of rotatable bonds is 7. The molecular weight excluding hydrogens is 502 g/mol. The summed E-state index contributed by atoms with van der Waals surface area (Å²) in [6.45, 7) is 9.41. The molecule has 0 bridgehead atoms. The fourth-order valence-electron chi connectivity index (χ4n) is 5.67. The minimum absolute atomic E-state index is 0.0938. The molecule has 8 nitrogen and oxygen atoms in total. The molecule has 2 amide bonds. The zero-order chi connectivity index (χ0) is 27.8. The number of hydrogen-bond acceptors (Lipinski definition) is 5. The van der Waals surface area contributed by atoms with Gasteiger partial charge in [0.25, 0.3) is 11.8 Å². The molecule has 204 valence electrons. The van der Waals surface area contributed by atoms with Gasteiger partial charge in [0.05, 0.1) is 16.8 Å². The van der Waals surface area contributed by atoms with Crippen molar-refractivity contribution < 1.29 is 14.0 Å². The summed E-state index contributed by atoms with van der Waals surface area (Å²) in [5.74, 6) is 0.945. The quantitative estimate of drug-likeness (QED) is 0.268. The fraction of sp³-hybridized carbons (Fsp3) is 0.281. The number of anilines is 1. The first kappa shape index (κ1) is 25.8. The highest BCUT2D eigenvalue weighted by atomic mass is 16.4. The summed E-state index contributed by atoms with van der Waals surface area (Å²) >= 11 is 0. The number of carbonyl (C=O) groups is 2. The van der Waals surface area contributed by atoms with E-state index in [9.17, 15) is 9.59 Å². The maximum absolute atomic E-state index is 13.0. The van der Waals surface area contributed by atoms with E-state index in [0.29, 0.717) is 29.3 Å². The lowest BCUT2D eigenvalue weighted by atomic mass is 10.0. The predicted molar refractivity (Wildman–Crippen MR) is 157 cm³/mol. The highest BCUT2D eigenvalue weighted by molar-refractivity contribution is 6.35. The van der Waals surface area contributed by atoms with Gasteiger partial charge in [0.2, 0.25) is 5.89 Å². The van der Waals surface area contributed by atoms with Crippen molar-refractivity contribution in [2.45, 2.75) is 33.6 Å². The van der Waals surface area contributed by atoms with Gasteiger partial charge in [-0.15, -0.1) is 0 Å². The Bertz CT molecular complexity index is 1620. The highest BCUT2D eigenvalue weighted by Crippen LogP contribution is 2.38. The lowest BCUT2D eigenvalue weighted by Crippen LogP contribution is -2.33. The van der Waals surface area contributed by atoms with Gasteiger partial charge < -0.3 is 24.9 Å². The molecule has 0 saturated carbocycles. The number of likely N-dealkylation sites (tertiary alicyclic amines) is 1. The predicted octanol–water partition coefficient (Wildman–Crippen LogP) is 5.58. The molecule has 0 radical (unpaired) electrons. The molecule has 2 aromatic carbocycles. The molecule has 2 aliphatic rings. The summed E-state index contributed by atoms with van der Waals surface area (Å²) in [6.07, 6.45) is 4.29. The third-order valence-electron chi connectivity index (χ3n) is 7.79. The first-order chi connectivity index (χ1) is 19.4. The maximum atomic E-state index is 13.0. The van der Waals surface area contributed by atoms with Crippen LogP contribution in [0.25, 0.3) is 34.4 Å². The number of aromatic nitrogens is 2. The number of benzene rings is 2. The van der Waals surface area contributed by atoms with Crippen LogP contribution in [0.4, 0.5) is 5.69 Å². The molecule has 1 saturated heterocycles. The van der Waals surface area contributed by atoms with Gasteiger partial charge in [-0.05, 0) is 88.7 Å². The second kappa shape index (κ2) is 10.6. The van der Waals surface area contributed by atoms with Crippen LogP contribution in [0.3, 0.4) is 0 Å². The second-order valence-electron chi connectivity index (χ2n) is 10.5. The van der Waals surface area contributed by atoms with Gasteiger partial charge >= 0.3 is 0 Å². The van der Waals surface area contributed by atoms with E-state index in [1.165, 1.54) is 12.8 Å². The summed E-state index contributed by atoms with van der Waals surface area (Å²) in [5, 5.41) is 6.03. The van der Waals surface area contributed by atoms with Crippen molar-refractivity contribution >= 4 is 29.2 Å². The molecule has 0 unspecified atom stereocenters. The van der Waals surface area contributed by atoms with Crippen LogP contribution in [0.15, 0.2) is 52.9 Å². The Kier molecular flexibility index (Phi) is 6.86. The zero-order valence-electron chi connectivity index (χ0n) is 23.1. The second-order valence-corrected chi connectivity index (χ2v) is 10.5. The molecular formula is C32H33N5O3. The normalized spacial score (nSPS) is 16.0. The van der Waals surface area contributed by atoms with Gasteiger partial charge in [0.15, 0.2) is 5.76 Å². The third kappa shape index (κ3) is 4.86. The molecule has 6 rings (SSSR count). The molecule has 0 atom stereocenters. The number of amides is 2. The van der Waals surface area contributed by atoms with Crippen molar-refractivity contribution in [3.8, 4) is 22.8 Å². The van der Waals surface area contributed by atoms with Crippen molar-refractivity contribution in [2.75, 3.05) is 31.5 Å². The summed E-state index contributed by atoms with van der Waals surface area (Å²) in [7, 11) is 0. The van der Waals surface area contributed by atoms with Crippen molar-refractivity contribution in [1.29, 1.82) is 0 Å². The van der Waals surface area contributed by atoms with Crippen molar-refractivity contribution in [2.24, 2.45) is 0 Å². The fourth-order valence-corrected chi connectivity index (χ4v) is 5.67. The number of hydrogen-bond donors (Lipinski definition) is 3. The number of oxazole rings is 1. The van der Waals surface area contributed by atoms with Crippen molar-refractivity contribution in [1.82, 2.24) is 20.2 Å². The van der Waals surface area contributed by atoms with Gasteiger partial charge in [0, 0.05) is 46.9 Å². The Morgan fingerprint density at radius 3 is 2.62 bits per heavy atom. The maximum Gasteiger partial charge on any atom is 0.256 e. The molecule has 1 fully saturated rings. The number of nitrogens with one attached hydrogen (secondary N) is 3. The van der Waals surface area contributed by atoms with E-state index in [0.717, 1.165) is 64.7 Å². The van der Waals surface area contributed by atoms with Crippen LogP contribution in [-0.4, -0.2) is 52.9 Å². The molecule has 4 heterocycles. The van der Waals surface area contributed by atoms with Crippen LogP contribution in [0, 0.1) is 20.8 Å². The largest absolute Gasteiger partial charge is 0.436 e. The highest BCUT2D eigenvalue weighted by Gasteiger charge is 2.27. The lowest BCUT2D eigenvalue weighted by molar-refractivity contribution is -0.110. The van der Waals surface area contributed by atoms with E-state index in [1.807, 2.05) is 75.4 Å². The van der Waals surface area contributed by atoms with Crippen LogP contribution < -0.4 is 10.6 Å². The topological polar surface area (TPSA) is 103 Å². The van der Waals surface area contributed by atoms with Crippen LogP contribution in [0.1, 0.15) is 51.4 Å². The van der Waals surface area contributed by atoms with Gasteiger partial charge in [-0.3, -0.25) is 9.59 Å². The number of nitrogens with zero attached hydrogens (tertiary/aromatic N) is 2. The SMILES string of the molecule is Cc1nc(-c2ccccc2)oc1-c1ccc2c(c1)/C(=C/c1[nH]c(C)c(C(=O)NCCN3CCCC3)c1C)C(=O)N2. The average Bonchev–Trinajstić information content (AvgIpc) is 3.72. The lowest BCUT2D eigenvalue weighted by Gasteiger charge is -2.14. The minimum atomic E-state index is -0.185. The van der Waals surface area contributed by atoms with E-state index < -0.39 is 0 Å². The Balaban J connectivity index is 1.27. The van der Waals surface area contributed by atoms with Crippen molar-refractivity contribution in [3.63, 3.8) is 0 Å². The van der Waals surface area contributed by atoms with Crippen LogP contribution in [0.2, 0.25) is 0 Å². The minimum Gasteiger partial charge on any atom is -0.436 e. The van der Waals surface area contributed by atoms with E-state index in [4.69, 9.17) is 4.42 Å². The number of carbonyl (C=O) groups excluding carboxylic acids is 2. The zero-order valence-corrected chi connectivity index (χ0v) is 23.1. The van der Waals surface area contributed by atoms with Gasteiger partial charge in [0.1, 0.15) is 0 Å². The van der Waals surface area contributed by atoms with E-state index in [2.05, 4.69) is 25.5 Å². The Morgan fingerprint density at radius 2 is 1.85 bits per heavy atom. The number of aryl methyl sites for hydroxylation is 2. The molecule has 0 aliphatic carbocycles. The first-order valence-electron chi connectivity index (χ1n) is 13.8. The smallest absolute Gasteiger partial charge is 0.256 e.